The van der Waals surface area contributed by atoms with Crippen molar-refractivity contribution in [1.82, 2.24) is 4.90 Å². The summed E-state index contributed by atoms with van der Waals surface area (Å²) in [6, 6.07) is 0.187. The molecule has 3 heteroatoms. The van der Waals surface area contributed by atoms with Gasteiger partial charge in [0.05, 0.1) is 0 Å². The third kappa shape index (κ3) is 3.06. The van der Waals surface area contributed by atoms with E-state index in [2.05, 4.69) is 0 Å². The van der Waals surface area contributed by atoms with Gasteiger partial charge in [-0.2, -0.15) is 0 Å². The van der Waals surface area contributed by atoms with Crippen molar-refractivity contribution in [2.24, 2.45) is 11.7 Å². The number of piperidine rings is 1. The predicted molar refractivity (Wildman–Crippen MR) is 62.4 cm³/mol. The van der Waals surface area contributed by atoms with E-state index in [4.69, 9.17) is 5.73 Å². The molecule has 0 saturated carbocycles. The molecule has 1 rings (SSSR count). The molecule has 0 aliphatic carbocycles. The average molecular weight is 210 g/mol. The number of likely N-dealkylation sites (tertiary alicyclic amines) is 1. The Morgan fingerprint density at radius 2 is 2.27 bits per heavy atom. The van der Waals surface area contributed by atoms with Crippen LogP contribution in [-0.4, -0.2) is 29.9 Å². The van der Waals surface area contributed by atoms with Gasteiger partial charge in [-0.25, -0.2) is 0 Å². The van der Waals surface area contributed by atoms with Crippen LogP contribution in [0, 0.1) is 5.92 Å². The lowest BCUT2D eigenvalue weighted by molar-refractivity contribution is -0.128. The quantitative estimate of drug-likeness (QED) is 0.703. The van der Waals surface area contributed by atoms with Crippen molar-refractivity contribution in [2.75, 3.05) is 13.1 Å². The molecule has 0 unspecified atom stereocenters. The molecule has 3 nitrogen and oxygen atoms in total. The summed E-state index contributed by atoms with van der Waals surface area (Å²) < 4.78 is 0. The normalized spacial score (nSPS) is 25.2. The Bertz CT molecular complexity index is 258. The van der Waals surface area contributed by atoms with Crippen molar-refractivity contribution in [3.8, 4) is 0 Å². The Balaban J connectivity index is 2.60. The van der Waals surface area contributed by atoms with Crippen LogP contribution in [0.1, 0.15) is 33.6 Å². The molecule has 0 aromatic carbocycles. The maximum absolute atomic E-state index is 11.9. The van der Waals surface area contributed by atoms with E-state index in [1.165, 1.54) is 0 Å². The minimum Gasteiger partial charge on any atom is -0.339 e. The molecule has 1 aliphatic rings. The first-order valence-corrected chi connectivity index (χ1v) is 5.74. The topological polar surface area (TPSA) is 46.3 Å². The number of hydrogen-bond acceptors (Lipinski definition) is 2. The first-order chi connectivity index (χ1) is 7.06. The molecule has 1 saturated heterocycles. The molecular weight excluding hydrogens is 188 g/mol. The average Bonchev–Trinajstić information content (AvgIpc) is 2.27. The van der Waals surface area contributed by atoms with Gasteiger partial charge in [-0.3, -0.25) is 4.79 Å². The van der Waals surface area contributed by atoms with Crippen molar-refractivity contribution in [2.45, 2.75) is 39.7 Å². The molecule has 2 atom stereocenters. The fraction of sp³-hybridized carbons (Fsp3) is 0.750. The maximum Gasteiger partial charge on any atom is 0.249 e. The summed E-state index contributed by atoms with van der Waals surface area (Å²) in [6.07, 6.45) is 4.10. The third-order valence-corrected chi connectivity index (χ3v) is 3.26. The molecule has 1 fully saturated rings. The zero-order valence-corrected chi connectivity index (χ0v) is 9.99. The number of rotatable bonds is 2. The van der Waals surface area contributed by atoms with Crippen LogP contribution >= 0.6 is 0 Å². The van der Waals surface area contributed by atoms with Crippen LogP contribution in [0.2, 0.25) is 0 Å². The Hall–Kier alpha value is -0.830. The molecule has 0 spiro atoms. The summed E-state index contributed by atoms with van der Waals surface area (Å²) in [6.45, 7) is 7.51. The van der Waals surface area contributed by atoms with Crippen LogP contribution in [0.3, 0.4) is 0 Å². The molecule has 0 radical (unpaired) electrons. The SMILES string of the molecule is C/C=C(/C)C(=O)N1CCC[C@@H]([C@H](C)N)C1. The summed E-state index contributed by atoms with van der Waals surface area (Å²) in [5.41, 5.74) is 6.72. The Labute approximate surface area is 92.3 Å². The molecule has 1 amide bonds. The number of hydrogen-bond donors (Lipinski definition) is 1. The summed E-state index contributed by atoms with van der Waals surface area (Å²) in [4.78, 5) is 13.9. The largest absolute Gasteiger partial charge is 0.339 e. The number of nitrogens with zero attached hydrogens (tertiary/aromatic N) is 1. The summed E-state index contributed by atoms with van der Waals surface area (Å²) in [5.74, 6) is 0.634. The zero-order valence-electron chi connectivity index (χ0n) is 9.99. The molecule has 0 aromatic rings. The van der Waals surface area contributed by atoms with Gasteiger partial charge in [-0.15, -0.1) is 0 Å². The lowest BCUT2D eigenvalue weighted by Crippen LogP contribution is -2.45. The second-order valence-electron chi connectivity index (χ2n) is 4.48. The van der Waals surface area contributed by atoms with Crippen LogP contribution in [0.25, 0.3) is 0 Å². The van der Waals surface area contributed by atoms with Gasteiger partial charge in [0.15, 0.2) is 0 Å². The minimum atomic E-state index is 0.169. The van der Waals surface area contributed by atoms with E-state index in [1.807, 2.05) is 31.7 Å². The van der Waals surface area contributed by atoms with Crippen molar-refractivity contribution in [1.29, 1.82) is 0 Å². The number of carbonyl (C=O) groups is 1. The highest BCUT2D eigenvalue weighted by molar-refractivity contribution is 5.92. The van der Waals surface area contributed by atoms with Gasteiger partial charge < -0.3 is 10.6 Å². The van der Waals surface area contributed by atoms with E-state index in [1.54, 1.807) is 0 Å². The lowest BCUT2D eigenvalue weighted by atomic mass is 9.92. The van der Waals surface area contributed by atoms with Crippen molar-refractivity contribution >= 4 is 5.91 Å². The molecule has 1 heterocycles. The monoisotopic (exact) mass is 210 g/mol. The number of allylic oxidation sites excluding steroid dienone is 1. The van der Waals surface area contributed by atoms with E-state index in [0.29, 0.717) is 5.92 Å². The van der Waals surface area contributed by atoms with E-state index >= 15 is 0 Å². The highest BCUT2D eigenvalue weighted by Crippen LogP contribution is 2.20. The van der Waals surface area contributed by atoms with Crippen molar-refractivity contribution < 1.29 is 4.79 Å². The Morgan fingerprint density at radius 3 is 2.80 bits per heavy atom. The van der Waals surface area contributed by atoms with Gasteiger partial charge >= 0.3 is 0 Å². The summed E-state index contributed by atoms with van der Waals surface area (Å²) >= 11 is 0. The fourth-order valence-electron chi connectivity index (χ4n) is 2.00. The molecule has 1 aliphatic heterocycles. The smallest absolute Gasteiger partial charge is 0.249 e. The highest BCUT2D eigenvalue weighted by atomic mass is 16.2. The first-order valence-electron chi connectivity index (χ1n) is 5.74. The van der Waals surface area contributed by atoms with E-state index in [9.17, 15) is 4.79 Å². The maximum atomic E-state index is 11.9. The Kier molecular flexibility index (Phi) is 4.33. The molecule has 86 valence electrons. The van der Waals surface area contributed by atoms with E-state index in [-0.39, 0.29) is 11.9 Å². The summed E-state index contributed by atoms with van der Waals surface area (Å²) in [5, 5.41) is 0. The van der Waals surface area contributed by atoms with Gasteiger partial charge in [-0.05, 0) is 39.5 Å². The lowest BCUT2D eigenvalue weighted by Gasteiger charge is -2.34. The second kappa shape index (κ2) is 5.31. The van der Waals surface area contributed by atoms with E-state index in [0.717, 1.165) is 31.5 Å². The first kappa shape index (κ1) is 12.2. The van der Waals surface area contributed by atoms with Crippen molar-refractivity contribution in [3.05, 3.63) is 11.6 Å². The minimum absolute atomic E-state index is 0.169. The summed E-state index contributed by atoms with van der Waals surface area (Å²) in [7, 11) is 0. The molecule has 0 bridgehead atoms. The van der Waals surface area contributed by atoms with Gasteiger partial charge in [-0.1, -0.05) is 6.08 Å². The van der Waals surface area contributed by atoms with Crippen LogP contribution in [-0.2, 0) is 4.79 Å². The molecule has 15 heavy (non-hydrogen) atoms. The van der Waals surface area contributed by atoms with Crippen LogP contribution in [0.5, 0.6) is 0 Å². The van der Waals surface area contributed by atoms with Crippen LogP contribution < -0.4 is 5.73 Å². The van der Waals surface area contributed by atoms with Gasteiger partial charge in [0.1, 0.15) is 0 Å². The van der Waals surface area contributed by atoms with Gasteiger partial charge in [0.25, 0.3) is 0 Å². The zero-order chi connectivity index (χ0) is 11.4. The second-order valence-corrected chi connectivity index (χ2v) is 4.48. The standard InChI is InChI=1S/C12H22N2O/c1-4-9(2)12(15)14-7-5-6-11(8-14)10(3)13/h4,10-11H,5-8,13H2,1-3H3/b9-4-/t10-,11+/m0/s1. The Morgan fingerprint density at radius 1 is 1.60 bits per heavy atom. The van der Waals surface area contributed by atoms with E-state index < -0.39 is 0 Å². The van der Waals surface area contributed by atoms with Crippen molar-refractivity contribution in [3.63, 3.8) is 0 Å². The predicted octanol–water partition coefficient (Wildman–Crippen LogP) is 1.54. The number of amides is 1. The van der Waals surface area contributed by atoms with Crippen LogP contribution in [0.15, 0.2) is 11.6 Å². The van der Waals surface area contributed by atoms with Crippen LogP contribution in [0.4, 0.5) is 0 Å². The highest BCUT2D eigenvalue weighted by Gasteiger charge is 2.25. The third-order valence-electron chi connectivity index (χ3n) is 3.26. The molecule has 0 aromatic heterocycles. The number of carbonyl (C=O) groups excluding carboxylic acids is 1. The molecular formula is C12H22N2O. The van der Waals surface area contributed by atoms with Gasteiger partial charge in [0.2, 0.25) is 5.91 Å². The fourth-order valence-corrected chi connectivity index (χ4v) is 2.00. The van der Waals surface area contributed by atoms with Gasteiger partial charge in [0, 0.05) is 24.7 Å². The number of nitrogens with two attached hydrogens (primary N) is 1. The molecule has 2 N–H and O–H groups in total.